The number of pyridine rings is 1. The van der Waals surface area contributed by atoms with Crippen molar-refractivity contribution in [2.75, 3.05) is 5.32 Å². The molecule has 0 radical (unpaired) electrons. The number of hydrogen-bond acceptors (Lipinski definition) is 2. The summed E-state index contributed by atoms with van der Waals surface area (Å²) in [6.45, 7) is 6.34. The van der Waals surface area contributed by atoms with Crippen LogP contribution in [-0.4, -0.2) is 4.98 Å². The molecule has 0 atom stereocenters. The summed E-state index contributed by atoms with van der Waals surface area (Å²) in [5.74, 6) is 0.895. The lowest BCUT2D eigenvalue weighted by Crippen LogP contribution is -1.96. The van der Waals surface area contributed by atoms with Gasteiger partial charge in [-0.15, -0.1) is 12.4 Å². The maximum Gasteiger partial charge on any atom is 0.131 e. The Balaban J connectivity index is 0.00000161. The fraction of sp³-hybridized carbons (Fsp3) is 0.167. The Morgan fingerprint density at radius 1 is 0.857 bits per heavy atom. The van der Waals surface area contributed by atoms with E-state index in [0.717, 1.165) is 17.0 Å². The van der Waals surface area contributed by atoms with Crippen LogP contribution in [0.2, 0.25) is 0 Å². The second kappa shape index (κ2) is 6.15. The highest BCUT2D eigenvalue weighted by Gasteiger charge is 2.03. The number of para-hydroxylation sites is 1. The first-order chi connectivity index (χ1) is 9.61. The first kappa shape index (κ1) is 15.3. The number of aryl methyl sites for hydroxylation is 3. The third-order valence-corrected chi connectivity index (χ3v) is 3.42. The number of aromatic nitrogens is 1. The Morgan fingerprint density at radius 2 is 1.52 bits per heavy atom. The summed E-state index contributed by atoms with van der Waals surface area (Å²) in [5, 5.41) is 4.61. The predicted octanol–water partition coefficient (Wildman–Crippen LogP) is 5.33. The lowest BCUT2D eigenvalue weighted by molar-refractivity contribution is 1.32. The maximum atomic E-state index is 4.68. The standard InChI is InChI=1S/C18H18N2.ClH/c1-12-8-13(2)10-15(9-12)19-18-11-14(3)16-6-4-5-7-17(16)20-18;/h4-11H,1-3H3,(H,19,20);1H. The van der Waals surface area contributed by atoms with Crippen LogP contribution in [0.25, 0.3) is 10.9 Å². The third-order valence-electron chi connectivity index (χ3n) is 3.42. The summed E-state index contributed by atoms with van der Waals surface area (Å²) in [6.07, 6.45) is 0. The summed E-state index contributed by atoms with van der Waals surface area (Å²) in [4.78, 5) is 4.68. The van der Waals surface area contributed by atoms with Gasteiger partial charge in [0.15, 0.2) is 0 Å². The molecule has 2 aromatic carbocycles. The first-order valence-corrected chi connectivity index (χ1v) is 6.83. The monoisotopic (exact) mass is 298 g/mol. The van der Waals surface area contributed by atoms with Crippen LogP contribution in [0, 0.1) is 20.8 Å². The van der Waals surface area contributed by atoms with Crippen molar-refractivity contribution in [2.45, 2.75) is 20.8 Å². The Morgan fingerprint density at radius 3 is 2.24 bits per heavy atom. The van der Waals surface area contributed by atoms with Crippen LogP contribution in [0.3, 0.4) is 0 Å². The van der Waals surface area contributed by atoms with Gasteiger partial charge in [0, 0.05) is 11.1 Å². The third kappa shape index (κ3) is 3.34. The largest absolute Gasteiger partial charge is 0.340 e. The lowest BCUT2D eigenvalue weighted by Gasteiger charge is -2.10. The molecule has 0 saturated carbocycles. The highest BCUT2D eigenvalue weighted by atomic mass is 35.5. The number of benzene rings is 2. The van der Waals surface area contributed by atoms with E-state index in [2.05, 4.69) is 67.5 Å². The minimum Gasteiger partial charge on any atom is -0.340 e. The molecule has 1 heterocycles. The minimum absolute atomic E-state index is 0. The van der Waals surface area contributed by atoms with Crippen LogP contribution in [0.15, 0.2) is 48.5 Å². The van der Waals surface area contributed by atoms with Crippen LogP contribution in [0.1, 0.15) is 16.7 Å². The molecular formula is C18H19ClN2. The van der Waals surface area contributed by atoms with Crippen LogP contribution < -0.4 is 5.32 Å². The van der Waals surface area contributed by atoms with Crippen molar-refractivity contribution < 1.29 is 0 Å². The van der Waals surface area contributed by atoms with Gasteiger partial charge in [0.25, 0.3) is 0 Å². The molecule has 0 aliphatic carbocycles. The van der Waals surface area contributed by atoms with E-state index in [9.17, 15) is 0 Å². The van der Waals surface area contributed by atoms with Crippen molar-refractivity contribution in [2.24, 2.45) is 0 Å². The molecular weight excluding hydrogens is 280 g/mol. The number of nitrogens with zero attached hydrogens (tertiary/aromatic N) is 1. The topological polar surface area (TPSA) is 24.9 Å². The normalized spacial score (nSPS) is 10.2. The summed E-state index contributed by atoms with van der Waals surface area (Å²) in [7, 11) is 0. The number of hydrogen-bond donors (Lipinski definition) is 1. The number of fused-ring (bicyclic) bond motifs is 1. The van der Waals surface area contributed by atoms with Gasteiger partial charge in [-0.25, -0.2) is 4.98 Å². The summed E-state index contributed by atoms with van der Waals surface area (Å²) in [5.41, 5.74) is 5.86. The summed E-state index contributed by atoms with van der Waals surface area (Å²) >= 11 is 0. The highest BCUT2D eigenvalue weighted by Crippen LogP contribution is 2.23. The molecule has 0 aliphatic rings. The molecule has 2 nitrogen and oxygen atoms in total. The van der Waals surface area contributed by atoms with Crippen LogP contribution >= 0.6 is 12.4 Å². The quantitative estimate of drug-likeness (QED) is 0.692. The zero-order chi connectivity index (χ0) is 14.1. The van der Waals surface area contributed by atoms with E-state index in [-0.39, 0.29) is 12.4 Å². The van der Waals surface area contributed by atoms with Gasteiger partial charge >= 0.3 is 0 Å². The molecule has 0 spiro atoms. The molecule has 108 valence electrons. The van der Waals surface area contributed by atoms with Crippen molar-refractivity contribution in [3.8, 4) is 0 Å². The Labute approximate surface area is 131 Å². The van der Waals surface area contributed by atoms with Gasteiger partial charge < -0.3 is 5.32 Å². The van der Waals surface area contributed by atoms with E-state index in [1.165, 1.54) is 22.1 Å². The van der Waals surface area contributed by atoms with Crippen molar-refractivity contribution >= 4 is 34.8 Å². The summed E-state index contributed by atoms with van der Waals surface area (Å²) in [6, 6.07) is 16.8. The van der Waals surface area contributed by atoms with Gasteiger partial charge in [0.05, 0.1) is 5.52 Å². The van der Waals surface area contributed by atoms with Gasteiger partial charge in [0.2, 0.25) is 0 Å². The molecule has 3 rings (SSSR count). The molecule has 0 aliphatic heterocycles. The molecule has 0 bridgehead atoms. The van der Waals surface area contributed by atoms with E-state index in [0.29, 0.717) is 0 Å². The van der Waals surface area contributed by atoms with Gasteiger partial charge in [0.1, 0.15) is 5.82 Å². The molecule has 0 fully saturated rings. The highest BCUT2D eigenvalue weighted by molar-refractivity contribution is 5.85. The van der Waals surface area contributed by atoms with Crippen LogP contribution in [0.5, 0.6) is 0 Å². The Kier molecular flexibility index (Phi) is 4.49. The maximum absolute atomic E-state index is 4.68. The van der Waals surface area contributed by atoms with Gasteiger partial charge in [-0.2, -0.15) is 0 Å². The van der Waals surface area contributed by atoms with E-state index in [1.54, 1.807) is 0 Å². The van der Waals surface area contributed by atoms with E-state index >= 15 is 0 Å². The predicted molar refractivity (Wildman–Crippen MR) is 92.9 cm³/mol. The van der Waals surface area contributed by atoms with E-state index in [1.807, 2.05) is 12.1 Å². The Bertz CT molecular complexity index is 761. The van der Waals surface area contributed by atoms with Crippen molar-refractivity contribution in [3.63, 3.8) is 0 Å². The zero-order valence-corrected chi connectivity index (χ0v) is 13.3. The van der Waals surface area contributed by atoms with Crippen LogP contribution in [0.4, 0.5) is 11.5 Å². The number of anilines is 2. The molecule has 1 aromatic heterocycles. The molecule has 21 heavy (non-hydrogen) atoms. The molecule has 3 aromatic rings. The average Bonchev–Trinajstić information content (AvgIpc) is 2.37. The molecule has 1 N–H and O–H groups in total. The zero-order valence-electron chi connectivity index (χ0n) is 12.5. The van der Waals surface area contributed by atoms with Gasteiger partial charge in [-0.3, -0.25) is 0 Å². The van der Waals surface area contributed by atoms with Gasteiger partial charge in [-0.05, 0) is 61.7 Å². The van der Waals surface area contributed by atoms with Crippen LogP contribution in [-0.2, 0) is 0 Å². The smallest absolute Gasteiger partial charge is 0.131 e. The average molecular weight is 299 g/mol. The van der Waals surface area contributed by atoms with Crippen molar-refractivity contribution in [3.05, 3.63) is 65.2 Å². The number of halogens is 1. The fourth-order valence-electron chi connectivity index (χ4n) is 2.61. The summed E-state index contributed by atoms with van der Waals surface area (Å²) < 4.78 is 0. The number of nitrogens with one attached hydrogen (secondary N) is 1. The fourth-order valence-corrected chi connectivity index (χ4v) is 2.61. The first-order valence-electron chi connectivity index (χ1n) is 6.83. The molecule has 0 saturated heterocycles. The molecule has 0 unspecified atom stereocenters. The second-order valence-electron chi connectivity index (χ2n) is 5.34. The van der Waals surface area contributed by atoms with E-state index in [4.69, 9.17) is 0 Å². The van der Waals surface area contributed by atoms with E-state index < -0.39 is 0 Å². The minimum atomic E-state index is 0. The van der Waals surface area contributed by atoms with Crippen molar-refractivity contribution in [1.82, 2.24) is 4.98 Å². The molecule has 3 heteroatoms. The van der Waals surface area contributed by atoms with Crippen molar-refractivity contribution in [1.29, 1.82) is 0 Å². The lowest BCUT2D eigenvalue weighted by atomic mass is 10.1. The Hall–Kier alpha value is -2.06. The SMILES string of the molecule is Cc1cc(C)cc(Nc2cc(C)c3ccccc3n2)c1.Cl. The molecule has 0 amide bonds. The number of rotatable bonds is 2. The second-order valence-corrected chi connectivity index (χ2v) is 5.34. The van der Waals surface area contributed by atoms with Gasteiger partial charge in [-0.1, -0.05) is 24.3 Å².